The maximum atomic E-state index is 12.8. The monoisotopic (exact) mass is 425 g/mol. The van der Waals surface area contributed by atoms with Gasteiger partial charge in [0.25, 0.3) is 0 Å². The molecular formula is C24H35N5O2. The highest BCUT2D eigenvalue weighted by Crippen LogP contribution is 2.25. The lowest BCUT2D eigenvalue weighted by molar-refractivity contribution is -0.139. The Bertz CT molecular complexity index is 897. The number of aryl methyl sites for hydroxylation is 1. The fourth-order valence-electron chi connectivity index (χ4n) is 4.77. The van der Waals surface area contributed by atoms with Crippen molar-refractivity contribution in [2.75, 3.05) is 45.2 Å². The van der Waals surface area contributed by atoms with E-state index >= 15 is 0 Å². The summed E-state index contributed by atoms with van der Waals surface area (Å²) in [5.74, 6) is 1.89. The third kappa shape index (κ3) is 5.52. The molecule has 0 spiro atoms. The van der Waals surface area contributed by atoms with Crippen LogP contribution in [0, 0.1) is 6.92 Å². The van der Waals surface area contributed by atoms with Crippen LogP contribution < -0.4 is 5.32 Å². The van der Waals surface area contributed by atoms with E-state index in [0.717, 1.165) is 68.0 Å². The molecule has 1 N–H and O–H groups in total. The molecule has 7 heteroatoms. The number of hydrogen-bond acceptors (Lipinski definition) is 6. The van der Waals surface area contributed by atoms with Crippen molar-refractivity contribution in [3.63, 3.8) is 0 Å². The molecule has 1 aromatic carbocycles. The maximum Gasteiger partial charge on any atom is 0.237 e. The molecule has 168 valence electrons. The molecule has 0 radical (unpaired) electrons. The molecule has 1 saturated heterocycles. The van der Waals surface area contributed by atoms with Crippen molar-refractivity contribution in [1.82, 2.24) is 19.8 Å². The van der Waals surface area contributed by atoms with Crippen molar-refractivity contribution in [3.8, 4) is 0 Å². The molecule has 2 fully saturated rings. The van der Waals surface area contributed by atoms with Gasteiger partial charge >= 0.3 is 0 Å². The first kappa shape index (κ1) is 22.0. The number of hydrogen-bond donors (Lipinski definition) is 1. The minimum absolute atomic E-state index is 0.257. The van der Waals surface area contributed by atoms with E-state index in [4.69, 9.17) is 14.7 Å². The van der Waals surface area contributed by atoms with Crippen LogP contribution >= 0.6 is 0 Å². The highest BCUT2D eigenvalue weighted by atomic mass is 16.5. The number of methoxy groups -OCH3 is 1. The van der Waals surface area contributed by atoms with Gasteiger partial charge in [-0.3, -0.25) is 9.69 Å². The van der Waals surface area contributed by atoms with Gasteiger partial charge in [0, 0.05) is 44.8 Å². The molecule has 1 aromatic heterocycles. The van der Waals surface area contributed by atoms with Gasteiger partial charge in [-0.05, 0) is 38.3 Å². The van der Waals surface area contributed by atoms with E-state index in [1.807, 2.05) is 0 Å². The van der Waals surface area contributed by atoms with Crippen LogP contribution in [0.1, 0.15) is 49.9 Å². The number of anilines is 1. The maximum absolute atomic E-state index is 12.8. The van der Waals surface area contributed by atoms with Crippen molar-refractivity contribution in [3.05, 3.63) is 29.6 Å². The molecule has 1 aliphatic heterocycles. The van der Waals surface area contributed by atoms with Crippen molar-refractivity contribution < 1.29 is 9.53 Å². The summed E-state index contributed by atoms with van der Waals surface area (Å²) in [6.07, 6.45) is 7.06. The molecule has 31 heavy (non-hydrogen) atoms. The number of carbonyl (C=O) groups is 1. The first-order chi connectivity index (χ1) is 15.1. The first-order valence-corrected chi connectivity index (χ1v) is 11.7. The smallest absolute Gasteiger partial charge is 0.237 e. The zero-order valence-electron chi connectivity index (χ0n) is 18.9. The fraction of sp³-hybridized carbons (Fsp3) is 0.625. The van der Waals surface area contributed by atoms with Gasteiger partial charge in [-0.15, -0.1) is 0 Å². The number of fused-ring (bicyclic) bond motifs is 1. The predicted molar refractivity (Wildman–Crippen MR) is 123 cm³/mol. The summed E-state index contributed by atoms with van der Waals surface area (Å²) in [6.45, 7) is 6.36. The van der Waals surface area contributed by atoms with Gasteiger partial charge in [-0.25, -0.2) is 9.97 Å². The van der Waals surface area contributed by atoms with Crippen LogP contribution in [0.25, 0.3) is 10.9 Å². The van der Waals surface area contributed by atoms with Gasteiger partial charge in [0.05, 0.1) is 18.6 Å². The Balaban J connectivity index is 1.45. The van der Waals surface area contributed by atoms with Crippen LogP contribution in [0.5, 0.6) is 0 Å². The lowest BCUT2D eigenvalue weighted by atomic mass is 9.93. The number of rotatable bonds is 8. The Morgan fingerprint density at radius 1 is 1.16 bits per heavy atom. The standard InChI is InChI=1S/C24H35N5O2/c1-18-9-10-21-20(15-18)24(25-11-6-14-31-2)27-22(26-21)16-28-12-13-29(23(30)17-28)19-7-4-3-5-8-19/h9-10,15,19H,3-8,11-14,16-17H2,1-2H3,(H,25,26,27). The van der Waals surface area contributed by atoms with Crippen LogP contribution in [0.4, 0.5) is 5.82 Å². The van der Waals surface area contributed by atoms with E-state index in [1.54, 1.807) is 7.11 Å². The molecule has 2 aromatic rings. The molecule has 7 nitrogen and oxygen atoms in total. The lowest BCUT2D eigenvalue weighted by Crippen LogP contribution is -2.54. The molecule has 2 aliphatic rings. The van der Waals surface area contributed by atoms with Crippen LogP contribution in [0.3, 0.4) is 0 Å². The van der Waals surface area contributed by atoms with Crippen LogP contribution in [0.2, 0.25) is 0 Å². The summed E-state index contributed by atoms with van der Waals surface area (Å²) >= 11 is 0. The zero-order chi connectivity index (χ0) is 21.6. The lowest BCUT2D eigenvalue weighted by Gasteiger charge is -2.40. The normalized spacial score (nSPS) is 18.6. The minimum atomic E-state index is 0.257. The molecule has 1 amide bonds. The molecule has 0 bridgehead atoms. The summed E-state index contributed by atoms with van der Waals surface area (Å²) < 4.78 is 5.16. The third-order valence-electron chi connectivity index (χ3n) is 6.43. The summed E-state index contributed by atoms with van der Waals surface area (Å²) in [5, 5.41) is 4.50. The summed E-state index contributed by atoms with van der Waals surface area (Å²) in [5.41, 5.74) is 2.13. The highest BCUT2D eigenvalue weighted by molar-refractivity contribution is 5.89. The predicted octanol–water partition coefficient (Wildman–Crippen LogP) is 3.36. The Labute approximate surface area is 185 Å². The second kappa shape index (κ2) is 10.4. The van der Waals surface area contributed by atoms with E-state index in [1.165, 1.54) is 24.8 Å². The molecule has 4 rings (SSSR count). The second-order valence-corrected chi connectivity index (χ2v) is 8.87. The zero-order valence-corrected chi connectivity index (χ0v) is 18.9. The average molecular weight is 426 g/mol. The van der Waals surface area contributed by atoms with Gasteiger partial charge in [0.1, 0.15) is 11.6 Å². The number of nitrogens with one attached hydrogen (secondary N) is 1. The number of ether oxygens (including phenoxy) is 1. The molecule has 0 unspecified atom stereocenters. The van der Waals surface area contributed by atoms with Gasteiger partial charge in [-0.2, -0.15) is 0 Å². The molecule has 0 atom stereocenters. The molecule has 2 heterocycles. The number of nitrogens with zero attached hydrogens (tertiary/aromatic N) is 4. The SMILES string of the molecule is COCCCNc1nc(CN2CCN(C3CCCCC3)C(=O)C2)nc2ccc(C)cc12. The fourth-order valence-corrected chi connectivity index (χ4v) is 4.77. The Morgan fingerprint density at radius 2 is 2.00 bits per heavy atom. The van der Waals surface area contributed by atoms with E-state index in [9.17, 15) is 4.79 Å². The molecule has 1 saturated carbocycles. The number of aromatic nitrogens is 2. The Hall–Kier alpha value is -2.25. The average Bonchev–Trinajstić information content (AvgIpc) is 2.78. The van der Waals surface area contributed by atoms with Crippen LogP contribution in [-0.4, -0.2) is 71.6 Å². The number of carbonyl (C=O) groups excluding carboxylic acids is 1. The van der Waals surface area contributed by atoms with Crippen LogP contribution in [-0.2, 0) is 16.1 Å². The van der Waals surface area contributed by atoms with E-state index < -0.39 is 0 Å². The van der Waals surface area contributed by atoms with Crippen molar-refractivity contribution in [2.24, 2.45) is 0 Å². The Kier molecular flexibility index (Phi) is 7.35. The van der Waals surface area contributed by atoms with E-state index in [-0.39, 0.29) is 5.91 Å². The van der Waals surface area contributed by atoms with Gasteiger partial charge in [0.2, 0.25) is 5.91 Å². The highest BCUT2D eigenvalue weighted by Gasteiger charge is 2.30. The van der Waals surface area contributed by atoms with Crippen molar-refractivity contribution in [2.45, 2.75) is 58.0 Å². The van der Waals surface area contributed by atoms with Crippen molar-refractivity contribution in [1.29, 1.82) is 0 Å². The minimum Gasteiger partial charge on any atom is -0.385 e. The number of benzene rings is 1. The molecule has 1 aliphatic carbocycles. The van der Waals surface area contributed by atoms with Gasteiger partial charge in [0.15, 0.2) is 0 Å². The van der Waals surface area contributed by atoms with Crippen molar-refractivity contribution >= 4 is 22.6 Å². The number of amides is 1. The van der Waals surface area contributed by atoms with Gasteiger partial charge < -0.3 is 15.0 Å². The largest absolute Gasteiger partial charge is 0.385 e. The summed E-state index contributed by atoms with van der Waals surface area (Å²) in [7, 11) is 1.72. The quantitative estimate of drug-likeness (QED) is 0.654. The van der Waals surface area contributed by atoms with Gasteiger partial charge in [-0.1, -0.05) is 30.9 Å². The Morgan fingerprint density at radius 3 is 2.77 bits per heavy atom. The summed E-state index contributed by atoms with van der Waals surface area (Å²) in [4.78, 5) is 26.8. The van der Waals surface area contributed by atoms with Crippen LogP contribution in [0.15, 0.2) is 18.2 Å². The number of piperazine rings is 1. The van der Waals surface area contributed by atoms with E-state index in [2.05, 4.69) is 40.2 Å². The summed E-state index contributed by atoms with van der Waals surface area (Å²) in [6, 6.07) is 6.72. The molecular weight excluding hydrogens is 390 g/mol. The topological polar surface area (TPSA) is 70.6 Å². The first-order valence-electron chi connectivity index (χ1n) is 11.7. The second-order valence-electron chi connectivity index (χ2n) is 8.87. The van der Waals surface area contributed by atoms with E-state index in [0.29, 0.717) is 19.1 Å². The third-order valence-corrected chi connectivity index (χ3v) is 6.43.